The standard InChI is InChI=1S/C14H23Te/c1-3-5-12-15(13-6-4-2)14-10-8-7-9-11-14/h7-11H,3-6,12-13H2,1-2H3/q+1. The average Bonchev–Trinajstić information content (AvgIpc) is 2.30. The summed E-state index contributed by atoms with van der Waals surface area (Å²) in [5.74, 6) is 0. The second kappa shape index (κ2) is 8.20. The molecule has 1 aromatic carbocycles. The van der Waals surface area contributed by atoms with E-state index in [1.165, 1.54) is 34.6 Å². The molecule has 0 aliphatic carbocycles. The fourth-order valence-electron chi connectivity index (χ4n) is 1.59. The van der Waals surface area contributed by atoms with E-state index >= 15 is 0 Å². The molecule has 0 saturated heterocycles. The van der Waals surface area contributed by atoms with Gasteiger partial charge in [0.15, 0.2) is 0 Å². The topological polar surface area (TPSA) is 0 Å². The Balaban J connectivity index is 2.55. The summed E-state index contributed by atoms with van der Waals surface area (Å²) in [4.78, 5) is 0. The predicted molar refractivity (Wildman–Crippen MR) is 71.3 cm³/mol. The third-order valence-electron chi connectivity index (χ3n) is 2.57. The van der Waals surface area contributed by atoms with Crippen LogP contribution in [-0.2, 0) is 0 Å². The van der Waals surface area contributed by atoms with Crippen molar-refractivity contribution in [1.82, 2.24) is 0 Å². The van der Waals surface area contributed by atoms with Gasteiger partial charge in [-0.15, -0.1) is 0 Å². The molecule has 0 amide bonds. The van der Waals surface area contributed by atoms with Crippen molar-refractivity contribution in [3.05, 3.63) is 30.3 Å². The zero-order valence-corrected chi connectivity index (χ0v) is 12.4. The van der Waals surface area contributed by atoms with Crippen LogP contribution in [0.2, 0.25) is 8.94 Å². The van der Waals surface area contributed by atoms with Crippen LogP contribution in [0.4, 0.5) is 0 Å². The van der Waals surface area contributed by atoms with Crippen LogP contribution in [-0.4, -0.2) is 19.6 Å². The Kier molecular flexibility index (Phi) is 7.14. The van der Waals surface area contributed by atoms with Crippen LogP contribution in [0, 0.1) is 0 Å². The van der Waals surface area contributed by atoms with Gasteiger partial charge in [-0.25, -0.2) is 0 Å². The first-order valence-corrected chi connectivity index (χ1v) is 10.6. The Morgan fingerprint density at radius 3 is 1.87 bits per heavy atom. The van der Waals surface area contributed by atoms with Crippen molar-refractivity contribution in [3.8, 4) is 0 Å². The third-order valence-corrected chi connectivity index (χ3v) is 9.71. The van der Waals surface area contributed by atoms with E-state index in [0.29, 0.717) is 0 Å². The minimum atomic E-state index is -0.947. The Morgan fingerprint density at radius 2 is 1.40 bits per heavy atom. The van der Waals surface area contributed by atoms with Crippen molar-refractivity contribution in [1.29, 1.82) is 0 Å². The summed E-state index contributed by atoms with van der Waals surface area (Å²) in [6.45, 7) is 4.61. The van der Waals surface area contributed by atoms with Crippen molar-refractivity contribution in [2.24, 2.45) is 0 Å². The molecular formula is C14H23Te+. The molecule has 0 bridgehead atoms. The molecule has 0 aliphatic rings. The van der Waals surface area contributed by atoms with Crippen LogP contribution in [0.1, 0.15) is 39.5 Å². The summed E-state index contributed by atoms with van der Waals surface area (Å²) in [5, 5.41) is 0. The van der Waals surface area contributed by atoms with Crippen molar-refractivity contribution >= 4 is 23.2 Å². The maximum atomic E-state index is 2.36. The van der Waals surface area contributed by atoms with Gasteiger partial charge in [0.2, 0.25) is 0 Å². The molecule has 1 heteroatoms. The summed E-state index contributed by atoms with van der Waals surface area (Å²) >= 11 is -0.947. The SMILES string of the molecule is CCCC[Te+](CCCC)c1ccccc1. The van der Waals surface area contributed by atoms with Gasteiger partial charge >= 0.3 is 102 Å². The summed E-state index contributed by atoms with van der Waals surface area (Å²) in [6, 6.07) is 11.3. The van der Waals surface area contributed by atoms with Crippen molar-refractivity contribution < 1.29 is 0 Å². The fraction of sp³-hybridized carbons (Fsp3) is 0.571. The molecule has 84 valence electrons. The molecule has 0 aliphatic heterocycles. The van der Waals surface area contributed by atoms with Crippen LogP contribution >= 0.6 is 0 Å². The zero-order valence-electron chi connectivity index (χ0n) is 10.0. The molecule has 1 rings (SSSR count). The maximum absolute atomic E-state index is 2.36. The zero-order chi connectivity index (χ0) is 10.9. The summed E-state index contributed by atoms with van der Waals surface area (Å²) in [6.07, 6.45) is 5.59. The molecule has 0 N–H and O–H groups in total. The average molecular weight is 319 g/mol. The van der Waals surface area contributed by atoms with Gasteiger partial charge in [0.1, 0.15) is 0 Å². The monoisotopic (exact) mass is 321 g/mol. The van der Waals surface area contributed by atoms with Gasteiger partial charge in [-0.05, 0) is 0 Å². The van der Waals surface area contributed by atoms with Crippen LogP contribution < -0.4 is 3.61 Å². The molecular weight excluding hydrogens is 296 g/mol. The van der Waals surface area contributed by atoms with Crippen LogP contribution in [0.3, 0.4) is 0 Å². The predicted octanol–water partition coefficient (Wildman–Crippen LogP) is 3.99. The molecule has 0 heterocycles. The molecule has 0 fully saturated rings. The number of hydrogen-bond donors (Lipinski definition) is 0. The summed E-state index contributed by atoms with van der Waals surface area (Å²) < 4.78 is 4.77. The van der Waals surface area contributed by atoms with Gasteiger partial charge in [0.05, 0.1) is 0 Å². The van der Waals surface area contributed by atoms with E-state index in [9.17, 15) is 0 Å². The van der Waals surface area contributed by atoms with Gasteiger partial charge in [-0.3, -0.25) is 0 Å². The van der Waals surface area contributed by atoms with Crippen LogP contribution in [0.25, 0.3) is 0 Å². The Labute approximate surface area is 102 Å². The minimum absolute atomic E-state index is 0.947. The number of unbranched alkanes of at least 4 members (excludes halogenated alkanes) is 2. The molecule has 0 aromatic heterocycles. The Hall–Kier alpha value is 0.00961. The van der Waals surface area contributed by atoms with E-state index in [2.05, 4.69) is 44.2 Å². The normalized spacial score (nSPS) is 10.9. The van der Waals surface area contributed by atoms with Gasteiger partial charge in [0, 0.05) is 0 Å². The van der Waals surface area contributed by atoms with E-state index in [-0.39, 0.29) is 0 Å². The first-order valence-electron chi connectivity index (χ1n) is 6.11. The van der Waals surface area contributed by atoms with E-state index in [1.807, 2.05) is 0 Å². The van der Waals surface area contributed by atoms with Crippen molar-refractivity contribution in [2.75, 3.05) is 0 Å². The second-order valence-electron chi connectivity index (χ2n) is 3.92. The fourth-order valence-corrected chi connectivity index (χ4v) is 8.70. The van der Waals surface area contributed by atoms with Crippen molar-refractivity contribution in [2.45, 2.75) is 48.5 Å². The molecule has 0 unspecified atom stereocenters. The van der Waals surface area contributed by atoms with Crippen LogP contribution in [0.5, 0.6) is 0 Å². The molecule has 0 radical (unpaired) electrons. The van der Waals surface area contributed by atoms with Gasteiger partial charge in [0.25, 0.3) is 0 Å². The Morgan fingerprint density at radius 1 is 0.867 bits per heavy atom. The Bertz CT molecular complexity index is 235. The first kappa shape index (κ1) is 13.1. The molecule has 15 heavy (non-hydrogen) atoms. The number of benzene rings is 1. The molecule has 0 spiro atoms. The molecule has 0 saturated carbocycles. The van der Waals surface area contributed by atoms with Gasteiger partial charge in [-0.1, -0.05) is 0 Å². The molecule has 1 aromatic rings. The van der Waals surface area contributed by atoms with E-state index in [0.717, 1.165) is 0 Å². The quantitative estimate of drug-likeness (QED) is 0.667. The van der Waals surface area contributed by atoms with Crippen molar-refractivity contribution in [3.63, 3.8) is 0 Å². The van der Waals surface area contributed by atoms with E-state index < -0.39 is 19.6 Å². The third kappa shape index (κ3) is 5.05. The summed E-state index contributed by atoms with van der Waals surface area (Å²) in [7, 11) is 0. The van der Waals surface area contributed by atoms with E-state index in [1.54, 1.807) is 3.61 Å². The van der Waals surface area contributed by atoms with E-state index in [4.69, 9.17) is 0 Å². The number of rotatable bonds is 7. The second-order valence-corrected chi connectivity index (χ2v) is 10.4. The van der Waals surface area contributed by atoms with Gasteiger partial charge in [-0.2, -0.15) is 0 Å². The molecule has 0 atom stereocenters. The first-order chi connectivity index (χ1) is 7.38. The molecule has 0 nitrogen and oxygen atoms in total. The van der Waals surface area contributed by atoms with Crippen LogP contribution in [0.15, 0.2) is 30.3 Å². The van der Waals surface area contributed by atoms with Gasteiger partial charge < -0.3 is 0 Å². The summed E-state index contributed by atoms with van der Waals surface area (Å²) in [5.41, 5.74) is 0. The number of hydrogen-bond acceptors (Lipinski definition) is 0.